The molecule has 3 aliphatic rings. The van der Waals surface area contributed by atoms with Crippen LogP contribution in [0.5, 0.6) is 17.2 Å². The van der Waals surface area contributed by atoms with Crippen molar-refractivity contribution in [2.45, 2.75) is 31.0 Å². The number of alkyl halides is 2. The third kappa shape index (κ3) is 3.14. The van der Waals surface area contributed by atoms with Crippen molar-refractivity contribution in [2.75, 3.05) is 0 Å². The van der Waals surface area contributed by atoms with Gasteiger partial charge in [-0.2, -0.15) is 0 Å². The van der Waals surface area contributed by atoms with Crippen LogP contribution in [-0.2, 0) is 0 Å². The van der Waals surface area contributed by atoms with Gasteiger partial charge in [-0.1, -0.05) is 36.0 Å². The average molecular weight is 447 g/mol. The minimum atomic E-state index is -3.61. The van der Waals surface area contributed by atoms with Crippen molar-refractivity contribution in [2.24, 2.45) is 0 Å². The van der Waals surface area contributed by atoms with Gasteiger partial charge in [-0.25, -0.2) is 0 Å². The summed E-state index contributed by atoms with van der Waals surface area (Å²) in [5.41, 5.74) is 1.67. The van der Waals surface area contributed by atoms with E-state index >= 15 is 0 Å². The van der Waals surface area contributed by atoms with Crippen LogP contribution < -0.4 is 14.2 Å². The SMILES string of the molecule is FC1(F)Oc2ccc(C3Oc4ccc(C5Sc6ccccc6S5)cc4S3)cc2O1. The lowest BCUT2D eigenvalue weighted by molar-refractivity contribution is -0.286. The average Bonchev–Trinajstić information content (AvgIpc) is 3.39. The molecule has 3 aromatic rings. The summed E-state index contributed by atoms with van der Waals surface area (Å²) in [6, 6.07) is 19.5. The van der Waals surface area contributed by atoms with Crippen molar-refractivity contribution >= 4 is 35.3 Å². The summed E-state index contributed by atoms with van der Waals surface area (Å²) in [5, 5.41) is 0. The largest absolute Gasteiger partial charge is 0.586 e. The lowest BCUT2D eigenvalue weighted by atomic mass is 10.2. The fourth-order valence-corrected chi connectivity index (χ4v) is 7.31. The van der Waals surface area contributed by atoms with Crippen LogP contribution in [0.15, 0.2) is 75.4 Å². The molecule has 0 saturated heterocycles. The van der Waals surface area contributed by atoms with Crippen LogP contribution in [0.2, 0.25) is 0 Å². The van der Waals surface area contributed by atoms with Crippen molar-refractivity contribution in [1.29, 1.82) is 0 Å². The van der Waals surface area contributed by atoms with Gasteiger partial charge in [-0.15, -0.1) is 32.3 Å². The van der Waals surface area contributed by atoms with E-state index in [1.165, 1.54) is 21.4 Å². The molecular weight excluding hydrogens is 434 g/mol. The Balaban J connectivity index is 1.23. The monoisotopic (exact) mass is 446 g/mol. The van der Waals surface area contributed by atoms with Gasteiger partial charge >= 0.3 is 6.29 Å². The Morgan fingerprint density at radius 3 is 2.17 bits per heavy atom. The van der Waals surface area contributed by atoms with Gasteiger partial charge in [0.25, 0.3) is 0 Å². The summed E-state index contributed by atoms with van der Waals surface area (Å²) >= 11 is 5.28. The highest BCUT2D eigenvalue weighted by molar-refractivity contribution is 8.19. The molecule has 1 unspecified atom stereocenters. The van der Waals surface area contributed by atoms with E-state index in [0.717, 1.165) is 16.2 Å². The molecule has 29 heavy (non-hydrogen) atoms. The number of hydrogen-bond donors (Lipinski definition) is 0. The summed E-state index contributed by atoms with van der Waals surface area (Å²) in [5.74, 6) is 0.874. The van der Waals surface area contributed by atoms with Crippen molar-refractivity contribution < 1.29 is 23.0 Å². The fourth-order valence-electron chi connectivity index (χ4n) is 3.40. The molecule has 0 radical (unpaired) electrons. The fraction of sp³-hybridized carbons (Fsp3) is 0.143. The van der Waals surface area contributed by atoms with Crippen molar-refractivity contribution in [3.05, 3.63) is 71.8 Å². The van der Waals surface area contributed by atoms with Gasteiger partial charge in [0.15, 0.2) is 16.9 Å². The number of halogens is 2. The summed E-state index contributed by atoms with van der Waals surface area (Å²) in [4.78, 5) is 3.66. The minimum absolute atomic E-state index is 0.0323. The van der Waals surface area contributed by atoms with Crippen LogP contribution in [0.3, 0.4) is 0 Å². The van der Waals surface area contributed by atoms with Crippen LogP contribution in [0.25, 0.3) is 0 Å². The zero-order chi connectivity index (χ0) is 19.6. The number of rotatable bonds is 2. The molecule has 3 nitrogen and oxygen atoms in total. The Labute approximate surface area is 178 Å². The number of ether oxygens (including phenoxy) is 3. The van der Waals surface area contributed by atoms with Crippen LogP contribution in [0.1, 0.15) is 21.1 Å². The Bertz CT molecular complexity index is 1110. The molecule has 0 amide bonds. The van der Waals surface area contributed by atoms with Crippen molar-refractivity contribution in [3.8, 4) is 17.2 Å². The second-order valence-corrected chi connectivity index (χ2v) is 10.4. The minimum Gasteiger partial charge on any atom is -0.473 e. The van der Waals surface area contributed by atoms with E-state index in [-0.39, 0.29) is 16.9 Å². The zero-order valence-electron chi connectivity index (χ0n) is 14.6. The molecule has 3 aliphatic heterocycles. The zero-order valence-corrected chi connectivity index (χ0v) is 17.1. The number of thioether (sulfide) groups is 3. The van der Waals surface area contributed by atoms with E-state index in [1.54, 1.807) is 23.9 Å². The highest BCUT2D eigenvalue weighted by atomic mass is 32.2. The first-order chi connectivity index (χ1) is 14.0. The van der Waals surface area contributed by atoms with Crippen LogP contribution in [-0.4, -0.2) is 6.29 Å². The van der Waals surface area contributed by atoms with E-state index in [4.69, 9.17) is 4.74 Å². The molecule has 1 atom stereocenters. The van der Waals surface area contributed by atoms with Crippen LogP contribution in [0, 0.1) is 0 Å². The summed E-state index contributed by atoms with van der Waals surface area (Å²) < 4.78 is 41.9. The van der Waals surface area contributed by atoms with E-state index in [0.29, 0.717) is 4.58 Å². The number of hydrogen-bond acceptors (Lipinski definition) is 6. The molecule has 0 bridgehead atoms. The third-order valence-electron chi connectivity index (χ3n) is 4.72. The van der Waals surface area contributed by atoms with Gasteiger partial charge in [-0.3, -0.25) is 0 Å². The first-order valence-corrected chi connectivity index (χ1v) is 11.5. The van der Waals surface area contributed by atoms with E-state index in [1.807, 2.05) is 29.6 Å². The molecule has 0 aromatic heterocycles. The molecule has 6 rings (SSSR count). The van der Waals surface area contributed by atoms with E-state index < -0.39 is 6.29 Å². The Kier molecular flexibility index (Phi) is 3.98. The molecule has 3 aromatic carbocycles. The van der Waals surface area contributed by atoms with Gasteiger partial charge in [-0.05, 0) is 42.0 Å². The van der Waals surface area contributed by atoms with Crippen LogP contribution in [0.4, 0.5) is 8.78 Å². The highest BCUT2D eigenvalue weighted by Gasteiger charge is 2.44. The molecule has 0 aliphatic carbocycles. The Morgan fingerprint density at radius 2 is 1.38 bits per heavy atom. The normalized spacial score (nSPS) is 21.0. The predicted molar refractivity (Wildman–Crippen MR) is 109 cm³/mol. The molecular formula is C21H12F2O3S3. The van der Waals surface area contributed by atoms with E-state index in [9.17, 15) is 8.78 Å². The predicted octanol–water partition coefficient (Wildman–Crippen LogP) is 7.09. The smallest absolute Gasteiger partial charge is 0.473 e. The third-order valence-corrected chi connectivity index (χ3v) is 8.78. The first-order valence-electron chi connectivity index (χ1n) is 8.83. The molecule has 0 fully saturated rings. The molecule has 8 heteroatoms. The molecule has 146 valence electrons. The molecule has 0 N–H and O–H groups in total. The Hall–Kier alpha value is -2.03. The number of fused-ring (bicyclic) bond motifs is 3. The number of benzene rings is 3. The summed E-state index contributed by atoms with van der Waals surface area (Å²) in [7, 11) is 0. The van der Waals surface area contributed by atoms with Crippen molar-refractivity contribution in [1.82, 2.24) is 0 Å². The Morgan fingerprint density at radius 1 is 0.690 bits per heavy atom. The van der Waals surface area contributed by atoms with Gasteiger partial charge in [0.1, 0.15) is 5.75 Å². The van der Waals surface area contributed by atoms with Crippen LogP contribution >= 0.6 is 35.3 Å². The van der Waals surface area contributed by atoms with E-state index in [2.05, 4.69) is 45.9 Å². The van der Waals surface area contributed by atoms with Gasteiger partial charge in [0.05, 0.1) is 9.48 Å². The molecule has 3 heterocycles. The maximum atomic E-state index is 13.3. The standard InChI is InChI=1S/C21H12F2O3S3/c22-21(23)25-13-7-5-11(9-15(13)26-21)19-24-14-8-6-12(10-18(14)27-19)20-28-16-3-1-2-4-17(16)29-20/h1-10,19-20H. The quantitative estimate of drug-likeness (QED) is 0.417. The molecule has 0 saturated carbocycles. The summed E-state index contributed by atoms with van der Waals surface area (Å²) in [6.45, 7) is 0. The lowest BCUT2D eigenvalue weighted by Gasteiger charge is -2.10. The highest BCUT2D eigenvalue weighted by Crippen LogP contribution is 2.58. The maximum Gasteiger partial charge on any atom is 0.586 e. The van der Waals surface area contributed by atoms with Crippen molar-refractivity contribution in [3.63, 3.8) is 0 Å². The summed E-state index contributed by atoms with van der Waals surface area (Å²) in [6.07, 6.45) is -3.61. The van der Waals surface area contributed by atoms with Gasteiger partial charge in [0.2, 0.25) is 0 Å². The van der Waals surface area contributed by atoms with Gasteiger partial charge < -0.3 is 14.2 Å². The van der Waals surface area contributed by atoms with Gasteiger partial charge in [0, 0.05) is 15.4 Å². The first kappa shape index (κ1) is 17.8. The maximum absolute atomic E-state index is 13.3. The molecule has 0 spiro atoms. The second kappa shape index (κ2) is 6.48. The lowest BCUT2D eigenvalue weighted by Crippen LogP contribution is -2.25. The second-order valence-electron chi connectivity index (χ2n) is 6.66. The topological polar surface area (TPSA) is 27.7 Å².